The van der Waals surface area contributed by atoms with Crippen molar-refractivity contribution in [1.82, 2.24) is 4.90 Å². The van der Waals surface area contributed by atoms with Crippen LogP contribution in [0.25, 0.3) is 0 Å². The third-order valence-electron chi connectivity index (χ3n) is 3.01. The molecule has 100 valence electrons. The Hall–Kier alpha value is -0.540. The summed E-state index contributed by atoms with van der Waals surface area (Å²) in [7, 11) is 0. The van der Waals surface area contributed by atoms with Crippen LogP contribution in [0, 0.1) is 5.92 Å². The second-order valence-corrected chi connectivity index (χ2v) is 5.87. The van der Waals surface area contributed by atoms with Crippen molar-refractivity contribution < 1.29 is 4.79 Å². The zero-order valence-electron chi connectivity index (χ0n) is 11.0. The molecule has 1 atom stereocenters. The number of rotatable bonds is 5. The summed E-state index contributed by atoms with van der Waals surface area (Å²) >= 11 is 9.34. The summed E-state index contributed by atoms with van der Waals surface area (Å²) in [5.41, 5.74) is 0.638. The number of hydrogen-bond donors (Lipinski definition) is 0. The largest absolute Gasteiger partial charge is 0.339 e. The highest BCUT2D eigenvalue weighted by Gasteiger charge is 2.16. The molecule has 0 aliphatic heterocycles. The predicted molar refractivity (Wildman–Crippen MR) is 80.2 cm³/mol. The van der Waals surface area contributed by atoms with Crippen LogP contribution in [0.1, 0.15) is 37.6 Å². The molecule has 1 aromatic rings. The molecule has 0 saturated heterocycles. The van der Waals surface area contributed by atoms with Crippen LogP contribution in [0.3, 0.4) is 0 Å². The van der Waals surface area contributed by atoms with Gasteiger partial charge in [0.2, 0.25) is 0 Å². The molecule has 0 aromatic heterocycles. The molecule has 1 amide bonds. The summed E-state index contributed by atoms with van der Waals surface area (Å²) in [4.78, 5) is 14.2. The lowest BCUT2D eigenvalue weighted by Crippen LogP contribution is -2.34. The van der Waals surface area contributed by atoms with Crippen molar-refractivity contribution in [3.05, 3.63) is 33.3 Å². The van der Waals surface area contributed by atoms with Crippen molar-refractivity contribution in [2.45, 2.75) is 27.2 Å². The normalized spacial score (nSPS) is 12.3. The van der Waals surface area contributed by atoms with Gasteiger partial charge in [-0.05, 0) is 31.0 Å². The number of halogens is 2. The third kappa shape index (κ3) is 4.29. The number of carbonyl (C=O) groups excluding carboxylic acids is 1. The molecule has 4 heteroatoms. The molecule has 0 saturated carbocycles. The maximum atomic E-state index is 12.4. The van der Waals surface area contributed by atoms with E-state index in [4.69, 9.17) is 11.6 Å². The van der Waals surface area contributed by atoms with E-state index < -0.39 is 0 Å². The fourth-order valence-corrected chi connectivity index (χ4v) is 2.58. The van der Waals surface area contributed by atoms with Crippen molar-refractivity contribution in [3.63, 3.8) is 0 Å². The average molecular weight is 333 g/mol. The van der Waals surface area contributed by atoms with E-state index in [-0.39, 0.29) is 5.91 Å². The SMILES string of the molecule is CCC(C)CN(CC)C(=O)c1cc(Cl)cc(Br)c1. The van der Waals surface area contributed by atoms with E-state index in [0.717, 1.165) is 17.4 Å². The molecule has 0 bridgehead atoms. The number of amides is 1. The van der Waals surface area contributed by atoms with Gasteiger partial charge in [-0.2, -0.15) is 0 Å². The summed E-state index contributed by atoms with van der Waals surface area (Å²) in [6, 6.07) is 5.31. The number of carbonyl (C=O) groups is 1. The first-order chi connectivity index (χ1) is 8.47. The molecule has 0 heterocycles. The van der Waals surface area contributed by atoms with Crippen molar-refractivity contribution in [2.75, 3.05) is 13.1 Å². The van der Waals surface area contributed by atoms with Crippen molar-refractivity contribution in [1.29, 1.82) is 0 Å². The number of nitrogens with zero attached hydrogens (tertiary/aromatic N) is 1. The highest BCUT2D eigenvalue weighted by Crippen LogP contribution is 2.21. The van der Waals surface area contributed by atoms with Crippen LogP contribution >= 0.6 is 27.5 Å². The molecule has 1 aromatic carbocycles. The van der Waals surface area contributed by atoms with Gasteiger partial charge >= 0.3 is 0 Å². The summed E-state index contributed by atoms with van der Waals surface area (Å²) in [6.07, 6.45) is 1.07. The number of hydrogen-bond acceptors (Lipinski definition) is 1. The van der Waals surface area contributed by atoms with Gasteiger partial charge in [-0.3, -0.25) is 4.79 Å². The van der Waals surface area contributed by atoms with Crippen LogP contribution in [-0.4, -0.2) is 23.9 Å². The van der Waals surface area contributed by atoms with Gasteiger partial charge in [0.05, 0.1) is 0 Å². The molecule has 2 nitrogen and oxygen atoms in total. The molecular weight excluding hydrogens is 314 g/mol. The van der Waals surface area contributed by atoms with E-state index in [2.05, 4.69) is 29.8 Å². The monoisotopic (exact) mass is 331 g/mol. The van der Waals surface area contributed by atoms with Gasteiger partial charge < -0.3 is 4.90 Å². The van der Waals surface area contributed by atoms with Crippen LogP contribution in [0.15, 0.2) is 22.7 Å². The van der Waals surface area contributed by atoms with Crippen LogP contribution in [0.5, 0.6) is 0 Å². The minimum Gasteiger partial charge on any atom is -0.339 e. The van der Waals surface area contributed by atoms with Gasteiger partial charge in [0.25, 0.3) is 5.91 Å². The van der Waals surface area contributed by atoms with Crippen LogP contribution in [0.2, 0.25) is 5.02 Å². The minimum atomic E-state index is 0.0426. The highest BCUT2D eigenvalue weighted by molar-refractivity contribution is 9.10. The third-order valence-corrected chi connectivity index (χ3v) is 3.68. The fourth-order valence-electron chi connectivity index (χ4n) is 1.72. The van der Waals surface area contributed by atoms with E-state index >= 15 is 0 Å². The Morgan fingerprint density at radius 3 is 2.56 bits per heavy atom. The van der Waals surface area contributed by atoms with Crippen molar-refractivity contribution in [2.24, 2.45) is 5.92 Å². The van der Waals surface area contributed by atoms with E-state index in [0.29, 0.717) is 23.0 Å². The highest BCUT2D eigenvalue weighted by atomic mass is 79.9. The quantitative estimate of drug-likeness (QED) is 0.771. The van der Waals surface area contributed by atoms with Gasteiger partial charge in [-0.25, -0.2) is 0 Å². The summed E-state index contributed by atoms with van der Waals surface area (Å²) in [5.74, 6) is 0.553. The van der Waals surface area contributed by atoms with Gasteiger partial charge in [0.1, 0.15) is 0 Å². The zero-order valence-corrected chi connectivity index (χ0v) is 13.4. The second-order valence-electron chi connectivity index (χ2n) is 4.52. The molecule has 0 N–H and O–H groups in total. The van der Waals surface area contributed by atoms with Crippen LogP contribution in [0.4, 0.5) is 0 Å². The lowest BCUT2D eigenvalue weighted by atomic mass is 10.1. The van der Waals surface area contributed by atoms with Crippen molar-refractivity contribution >= 4 is 33.4 Å². The molecule has 1 unspecified atom stereocenters. The topological polar surface area (TPSA) is 20.3 Å². The molecule has 18 heavy (non-hydrogen) atoms. The molecule has 0 fully saturated rings. The van der Waals surface area contributed by atoms with Gasteiger partial charge in [0, 0.05) is 28.1 Å². The van der Waals surface area contributed by atoms with Crippen molar-refractivity contribution in [3.8, 4) is 0 Å². The molecule has 0 aliphatic rings. The minimum absolute atomic E-state index is 0.0426. The Balaban J connectivity index is 2.89. The van der Waals surface area contributed by atoms with E-state index in [9.17, 15) is 4.79 Å². The molecule has 0 spiro atoms. The van der Waals surface area contributed by atoms with Gasteiger partial charge in [0.15, 0.2) is 0 Å². The Morgan fingerprint density at radius 2 is 2.06 bits per heavy atom. The molecule has 1 rings (SSSR count). The lowest BCUT2D eigenvalue weighted by molar-refractivity contribution is 0.0741. The first-order valence-electron chi connectivity index (χ1n) is 6.23. The molecule has 0 aliphatic carbocycles. The number of benzene rings is 1. The van der Waals surface area contributed by atoms with Gasteiger partial charge in [-0.15, -0.1) is 0 Å². The standard InChI is InChI=1S/C14H19BrClNO/c1-4-10(3)9-17(5-2)14(18)11-6-12(15)8-13(16)7-11/h6-8,10H,4-5,9H2,1-3H3. The lowest BCUT2D eigenvalue weighted by Gasteiger charge is -2.24. The maximum Gasteiger partial charge on any atom is 0.253 e. The van der Waals surface area contributed by atoms with Gasteiger partial charge in [-0.1, -0.05) is 47.8 Å². The molecule has 0 radical (unpaired) electrons. The van der Waals surface area contributed by atoms with E-state index in [1.165, 1.54) is 0 Å². The van der Waals surface area contributed by atoms with E-state index in [1.54, 1.807) is 12.1 Å². The zero-order chi connectivity index (χ0) is 13.7. The Morgan fingerprint density at radius 1 is 1.39 bits per heavy atom. The molecular formula is C14H19BrClNO. The Kier molecular flexibility index (Phi) is 6.16. The Bertz CT molecular complexity index is 402. The first-order valence-corrected chi connectivity index (χ1v) is 7.40. The average Bonchev–Trinajstić information content (AvgIpc) is 2.33. The van der Waals surface area contributed by atoms with Crippen LogP contribution in [-0.2, 0) is 0 Å². The second kappa shape index (κ2) is 7.15. The maximum absolute atomic E-state index is 12.4. The summed E-state index contributed by atoms with van der Waals surface area (Å²) in [6.45, 7) is 7.80. The van der Waals surface area contributed by atoms with E-state index in [1.807, 2.05) is 17.9 Å². The first kappa shape index (κ1) is 15.5. The smallest absolute Gasteiger partial charge is 0.253 e. The fraction of sp³-hybridized carbons (Fsp3) is 0.500. The Labute approximate surface area is 122 Å². The van der Waals surface area contributed by atoms with Crippen LogP contribution < -0.4 is 0 Å². The summed E-state index contributed by atoms with van der Waals surface area (Å²) < 4.78 is 0.831. The predicted octanol–water partition coefficient (Wildman–Crippen LogP) is 4.61. The summed E-state index contributed by atoms with van der Waals surface area (Å²) in [5, 5.41) is 0.576.